The Balaban J connectivity index is 2.39. The number of H-pyrrole nitrogens is 1. The number of hydrogen-bond donors (Lipinski definition) is 2. The van der Waals surface area contributed by atoms with E-state index in [-0.39, 0.29) is 5.82 Å². The van der Waals surface area contributed by atoms with Crippen molar-refractivity contribution in [2.45, 2.75) is 5.75 Å². The second-order valence-electron chi connectivity index (χ2n) is 2.91. The molecule has 0 saturated carbocycles. The number of thiol groups is 1. The minimum Gasteiger partial charge on any atom is -0.341 e. The maximum absolute atomic E-state index is 12.9. The van der Waals surface area contributed by atoms with Gasteiger partial charge >= 0.3 is 0 Å². The average molecular weight is 208 g/mol. The number of nitrogens with one attached hydrogen (secondary N) is 1. The van der Waals surface area contributed by atoms with Crippen molar-refractivity contribution in [3.05, 3.63) is 42.1 Å². The van der Waals surface area contributed by atoms with Gasteiger partial charge in [0.05, 0.1) is 11.9 Å². The molecule has 0 saturated heterocycles. The number of benzene rings is 1. The monoisotopic (exact) mass is 208 g/mol. The van der Waals surface area contributed by atoms with Crippen molar-refractivity contribution >= 4 is 12.6 Å². The standard InChI is InChI=1S/C10H9FN2S/c11-8-3-1-2-7(4-8)9-5-12-10(6-14)13-9/h1-5,14H,6H2,(H,12,13). The van der Waals surface area contributed by atoms with Gasteiger partial charge < -0.3 is 4.98 Å². The summed E-state index contributed by atoms with van der Waals surface area (Å²) in [6.07, 6.45) is 1.68. The molecule has 14 heavy (non-hydrogen) atoms. The van der Waals surface area contributed by atoms with Crippen LogP contribution in [0.25, 0.3) is 11.3 Å². The summed E-state index contributed by atoms with van der Waals surface area (Å²) >= 11 is 4.09. The molecule has 0 spiro atoms. The first-order valence-electron chi connectivity index (χ1n) is 4.20. The van der Waals surface area contributed by atoms with Crippen molar-refractivity contribution in [1.29, 1.82) is 0 Å². The Hall–Kier alpha value is -1.29. The molecule has 0 unspecified atom stereocenters. The molecular formula is C10H9FN2S. The van der Waals surface area contributed by atoms with Crippen molar-refractivity contribution in [2.24, 2.45) is 0 Å². The van der Waals surface area contributed by atoms with Crippen LogP contribution < -0.4 is 0 Å². The Bertz CT molecular complexity index is 439. The third-order valence-corrected chi connectivity index (χ3v) is 2.21. The topological polar surface area (TPSA) is 28.7 Å². The SMILES string of the molecule is Fc1cccc(-c2cnc(CS)[nH]2)c1. The Morgan fingerprint density at radius 3 is 2.93 bits per heavy atom. The quantitative estimate of drug-likeness (QED) is 0.730. The van der Waals surface area contributed by atoms with Gasteiger partial charge in [-0.05, 0) is 12.1 Å². The lowest BCUT2D eigenvalue weighted by molar-refractivity contribution is 0.628. The van der Waals surface area contributed by atoms with E-state index in [1.807, 2.05) is 6.07 Å². The summed E-state index contributed by atoms with van der Waals surface area (Å²) < 4.78 is 12.9. The fraction of sp³-hybridized carbons (Fsp3) is 0.100. The zero-order valence-electron chi connectivity index (χ0n) is 7.37. The van der Waals surface area contributed by atoms with E-state index in [2.05, 4.69) is 22.6 Å². The molecule has 2 nitrogen and oxygen atoms in total. The van der Waals surface area contributed by atoms with Crippen LogP contribution in [-0.4, -0.2) is 9.97 Å². The molecule has 72 valence electrons. The maximum Gasteiger partial charge on any atom is 0.123 e. The Morgan fingerprint density at radius 1 is 1.43 bits per heavy atom. The summed E-state index contributed by atoms with van der Waals surface area (Å²) in [5, 5.41) is 0. The first-order valence-corrected chi connectivity index (χ1v) is 4.83. The normalized spacial score (nSPS) is 10.4. The average Bonchev–Trinajstić information content (AvgIpc) is 2.66. The van der Waals surface area contributed by atoms with Crippen LogP contribution in [0.5, 0.6) is 0 Å². The third kappa shape index (κ3) is 1.80. The van der Waals surface area contributed by atoms with Crippen LogP contribution in [0.2, 0.25) is 0 Å². The number of aromatic nitrogens is 2. The van der Waals surface area contributed by atoms with Gasteiger partial charge in [-0.3, -0.25) is 0 Å². The molecule has 0 radical (unpaired) electrons. The van der Waals surface area contributed by atoms with Gasteiger partial charge in [-0.1, -0.05) is 12.1 Å². The molecule has 1 aromatic heterocycles. The molecule has 0 fully saturated rings. The van der Waals surface area contributed by atoms with Gasteiger partial charge in [0.2, 0.25) is 0 Å². The highest BCUT2D eigenvalue weighted by atomic mass is 32.1. The number of aromatic amines is 1. The lowest BCUT2D eigenvalue weighted by Crippen LogP contribution is -1.81. The molecular weight excluding hydrogens is 199 g/mol. The van der Waals surface area contributed by atoms with Crippen molar-refractivity contribution in [1.82, 2.24) is 9.97 Å². The van der Waals surface area contributed by atoms with Crippen LogP contribution in [0.3, 0.4) is 0 Å². The summed E-state index contributed by atoms with van der Waals surface area (Å²) in [5.41, 5.74) is 1.61. The minimum absolute atomic E-state index is 0.246. The van der Waals surface area contributed by atoms with Crippen LogP contribution in [0.15, 0.2) is 30.5 Å². The van der Waals surface area contributed by atoms with E-state index in [9.17, 15) is 4.39 Å². The van der Waals surface area contributed by atoms with Crippen molar-refractivity contribution in [3.8, 4) is 11.3 Å². The molecule has 1 aromatic carbocycles. The molecule has 0 bridgehead atoms. The van der Waals surface area contributed by atoms with E-state index < -0.39 is 0 Å². The van der Waals surface area contributed by atoms with Gasteiger partial charge in [-0.2, -0.15) is 12.6 Å². The van der Waals surface area contributed by atoms with Gasteiger partial charge in [0.25, 0.3) is 0 Å². The summed E-state index contributed by atoms with van der Waals surface area (Å²) in [5.74, 6) is 1.09. The Labute approximate surface area is 86.6 Å². The van der Waals surface area contributed by atoms with Gasteiger partial charge in [0.1, 0.15) is 11.6 Å². The summed E-state index contributed by atoms with van der Waals surface area (Å²) in [6, 6.07) is 6.39. The first-order chi connectivity index (χ1) is 6.79. The molecule has 1 heterocycles. The molecule has 0 atom stereocenters. The molecule has 1 N–H and O–H groups in total. The largest absolute Gasteiger partial charge is 0.341 e. The van der Waals surface area contributed by atoms with Crippen molar-refractivity contribution in [3.63, 3.8) is 0 Å². The first kappa shape index (κ1) is 9.27. The van der Waals surface area contributed by atoms with E-state index in [1.165, 1.54) is 12.1 Å². The van der Waals surface area contributed by atoms with Gasteiger partial charge in [0.15, 0.2) is 0 Å². The van der Waals surface area contributed by atoms with E-state index >= 15 is 0 Å². The van der Waals surface area contributed by atoms with Crippen molar-refractivity contribution in [2.75, 3.05) is 0 Å². The Kier molecular flexibility index (Phi) is 2.54. The number of imidazole rings is 1. The molecule has 0 aliphatic carbocycles. The predicted molar refractivity (Wildman–Crippen MR) is 56.7 cm³/mol. The zero-order valence-corrected chi connectivity index (χ0v) is 8.26. The summed E-state index contributed by atoms with van der Waals surface area (Å²) in [6.45, 7) is 0. The molecule has 2 rings (SSSR count). The highest BCUT2D eigenvalue weighted by Gasteiger charge is 2.02. The van der Waals surface area contributed by atoms with Crippen LogP contribution in [0.4, 0.5) is 4.39 Å². The van der Waals surface area contributed by atoms with E-state index in [4.69, 9.17) is 0 Å². The summed E-state index contributed by atoms with van der Waals surface area (Å²) in [7, 11) is 0. The fourth-order valence-electron chi connectivity index (χ4n) is 1.25. The highest BCUT2D eigenvalue weighted by molar-refractivity contribution is 7.79. The lowest BCUT2D eigenvalue weighted by Gasteiger charge is -1.96. The zero-order chi connectivity index (χ0) is 9.97. The van der Waals surface area contributed by atoms with Gasteiger partial charge in [-0.25, -0.2) is 9.37 Å². The third-order valence-electron chi connectivity index (χ3n) is 1.91. The smallest absolute Gasteiger partial charge is 0.123 e. The molecule has 4 heteroatoms. The molecule has 0 aliphatic rings. The van der Waals surface area contributed by atoms with E-state index in [1.54, 1.807) is 12.3 Å². The minimum atomic E-state index is -0.246. The van der Waals surface area contributed by atoms with E-state index in [0.717, 1.165) is 17.1 Å². The van der Waals surface area contributed by atoms with E-state index in [0.29, 0.717) is 5.75 Å². The van der Waals surface area contributed by atoms with Gasteiger partial charge in [0, 0.05) is 11.3 Å². The second kappa shape index (κ2) is 3.84. The maximum atomic E-state index is 12.9. The van der Waals surface area contributed by atoms with Crippen LogP contribution in [-0.2, 0) is 5.75 Å². The number of halogens is 1. The highest BCUT2D eigenvalue weighted by Crippen LogP contribution is 2.18. The number of hydrogen-bond acceptors (Lipinski definition) is 2. The Morgan fingerprint density at radius 2 is 2.29 bits per heavy atom. The van der Waals surface area contributed by atoms with Crippen LogP contribution >= 0.6 is 12.6 Å². The second-order valence-corrected chi connectivity index (χ2v) is 3.23. The predicted octanol–water partition coefficient (Wildman–Crippen LogP) is 2.65. The van der Waals surface area contributed by atoms with Crippen LogP contribution in [0, 0.1) is 5.82 Å². The van der Waals surface area contributed by atoms with Crippen LogP contribution in [0.1, 0.15) is 5.82 Å². The number of rotatable bonds is 2. The van der Waals surface area contributed by atoms with Gasteiger partial charge in [-0.15, -0.1) is 0 Å². The molecule has 2 aromatic rings. The molecule has 0 amide bonds. The summed E-state index contributed by atoms with van der Waals surface area (Å²) in [4.78, 5) is 7.14. The molecule has 0 aliphatic heterocycles. The van der Waals surface area contributed by atoms with Crippen molar-refractivity contribution < 1.29 is 4.39 Å². The number of nitrogens with zero attached hydrogens (tertiary/aromatic N) is 1. The lowest BCUT2D eigenvalue weighted by atomic mass is 10.2. The fourth-order valence-corrected chi connectivity index (χ4v) is 1.41.